The molecule has 2 aromatic heterocycles. The number of nitrogens with zero attached hydrogens (tertiary/aromatic N) is 1. The smallest absolute Gasteiger partial charge is 0.337 e. The Hall–Kier alpha value is -1.40. The summed E-state index contributed by atoms with van der Waals surface area (Å²) in [5, 5.41) is 12.1. The Kier molecular flexibility index (Phi) is 4.33. The second kappa shape index (κ2) is 5.97. The summed E-state index contributed by atoms with van der Waals surface area (Å²) in [4.78, 5) is 16.2. The highest BCUT2D eigenvalue weighted by Crippen LogP contribution is 2.22. The van der Waals surface area contributed by atoms with E-state index in [0.29, 0.717) is 12.2 Å². The molecule has 2 rings (SSSR count). The number of aromatic carboxylic acids is 1. The second-order valence-corrected chi connectivity index (χ2v) is 6.16. The van der Waals surface area contributed by atoms with E-state index in [0.717, 1.165) is 10.2 Å². The third-order valence-electron chi connectivity index (χ3n) is 2.37. The SMILES string of the molecule is O=C(O)c1ccncc1NCCc1ccc(Br)s1. The zero-order valence-electron chi connectivity index (χ0n) is 9.39. The molecule has 0 aliphatic carbocycles. The number of anilines is 1. The van der Waals surface area contributed by atoms with Gasteiger partial charge in [0.1, 0.15) is 0 Å². The van der Waals surface area contributed by atoms with E-state index >= 15 is 0 Å². The van der Waals surface area contributed by atoms with Gasteiger partial charge in [-0.2, -0.15) is 0 Å². The molecular weight excluding hydrogens is 316 g/mol. The fraction of sp³-hybridized carbons (Fsp3) is 0.167. The molecule has 0 saturated heterocycles. The Morgan fingerprint density at radius 2 is 2.28 bits per heavy atom. The normalized spacial score (nSPS) is 10.3. The molecule has 2 aromatic rings. The van der Waals surface area contributed by atoms with Crippen LogP contribution >= 0.6 is 27.3 Å². The molecule has 0 bridgehead atoms. The van der Waals surface area contributed by atoms with Crippen LogP contribution in [-0.4, -0.2) is 22.6 Å². The van der Waals surface area contributed by atoms with E-state index in [1.165, 1.54) is 23.3 Å². The van der Waals surface area contributed by atoms with Crippen molar-refractivity contribution in [2.75, 3.05) is 11.9 Å². The van der Waals surface area contributed by atoms with Gasteiger partial charge in [-0.05, 0) is 40.5 Å². The molecule has 18 heavy (non-hydrogen) atoms. The average Bonchev–Trinajstić information content (AvgIpc) is 2.75. The topological polar surface area (TPSA) is 62.2 Å². The number of thiophene rings is 1. The molecule has 4 nitrogen and oxygen atoms in total. The summed E-state index contributed by atoms with van der Waals surface area (Å²) in [6.45, 7) is 0.679. The van der Waals surface area contributed by atoms with Crippen LogP contribution in [0.4, 0.5) is 5.69 Å². The Balaban J connectivity index is 1.96. The molecule has 2 N–H and O–H groups in total. The van der Waals surface area contributed by atoms with Gasteiger partial charge < -0.3 is 10.4 Å². The van der Waals surface area contributed by atoms with Crippen LogP contribution in [0.15, 0.2) is 34.4 Å². The molecule has 0 aromatic carbocycles. The number of carboxylic acids is 1. The molecule has 0 aliphatic heterocycles. The zero-order valence-corrected chi connectivity index (χ0v) is 11.8. The standard InChI is InChI=1S/C12H11BrN2O2S/c13-11-2-1-8(18-11)3-6-15-10-7-14-5-4-9(10)12(16)17/h1-2,4-5,7,15H,3,6H2,(H,16,17). The Bertz CT molecular complexity index is 557. The third kappa shape index (κ3) is 3.30. The Morgan fingerprint density at radius 3 is 2.94 bits per heavy atom. The summed E-state index contributed by atoms with van der Waals surface area (Å²) in [5.41, 5.74) is 0.804. The third-order valence-corrected chi connectivity index (χ3v) is 4.05. The fourth-order valence-corrected chi connectivity index (χ4v) is 3.01. The number of hydrogen-bond donors (Lipinski definition) is 2. The van der Waals surface area contributed by atoms with Crippen LogP contribution in [0, 0.1) is 0 Å². The monoisotopic (exact) mass is 326 g/mol. The van der Waals surface area contributed by atoms with E-state index in [9.17, 15) is 4.79 Å². The van der Waals surface area contributed by atoms with E-state index in [1.54, 1.807) is 11.3 Å². The molecule has 0 fully saturated rings. The van der Waals surface area contributed by atoms with Gasteiger partial charge in [0.15, 0.2) is 0 Å². The lowest BCUT2D eigenvalue weighted by Crippen LogP contribution is -2.09. The van der Waals surface area contributed by atoms with Crippen LogP contribution in [0.2, 0.25) is 0 Å². The highest BCUT2D eigenvalue weighted by atomic mass is 79.9. The lowest BCUT2D eigenvalue weighted by Gasteiger charge is -2.07. The number of pyridine rings is 1. The van der Waals surface area contributed by atoms with Crippen LogP contribution in [0.3, 0.4) is 0 Å². The van der Waals surface area contributed by atoms with Gasteiger partial charge in [0.2, 0.25) is 0 Å². The fourth-order valence-electron chi connectivity index (χ4n) is 1.53. The van der Waals surface area contributed by atoms with Crippen molar-refractivity contribution in [3.05, 3.63) is 44.8 Å². The molecule has 0 radical (unpaired) electrons. The van der Waals surface area contributed by atoms with E-state index in [4.69, 9.17) is 5.11 Å². The first kappa shape index (κ1) is 13.0. The van der Waals surface area contributed by atoms with Crippen LogP contribution in [0.1, 0.15) is 15.2 Å². The van der Waals surface area contributed by atoms with Crippen molar-refractivity contribution in [2.45, 2.75) is 6.42 Å². The van der Waals surface area contributed by atoms with Crippen molar-refractivity contribution >= 4 is 38.9 Å². The Labute approximate surface area is 117 Å². The molecule has 2 heterocycles. The number of carboxylic acid groups (broad SMARTS) is 1. The maximum Gasteiger partial charge on any atom is 0.337 e. The minimum Gasteiger partial charge on any atom is -0.478 e. The lowest BCUT2D eigenvalue weighted by atomic mass is 10.2. The van der Waals surface area contributed by atoms with Gasteiger partial charge in [0, 0.05) is 17.6 Å². The largest absolute Gasteiger partial charge is 0.478 e. The van der Waals surface area contributed by atoms with Crippen LogP contribution in [0.5, 0.6) is 0 Å². The first-order valence-corrected chi connectivity index (χ1v) is 6.93. The van der Waals surface area contributed by atoms with E-state index in [1.807, 2.05) is 6.07 Å². The van der Waals surface area contributed by atoms with Gasteiger partial charge in [-0.25, -0.2) is 4.79 Å². The van der Waals surface area contributed by atoms with Crippen molar-refractivity contribution in [1.29, 1.82) is 0 Å². The molecule has 0 saturated carbocycles. The highest BCUT2D eigenvalue weighted by molar-refractivity contribution is 9.11. The number of rotatable bonds is 5. The van der Waals surface area contributed by atoms with Crippen molar-refractivity contribution in [3.63, 3.8) is 0 Å². The molecule has 0 atom stereocenters. The van der Waals surface area contributed by atoms with Crippen molar-refractivity contribution in [3.8, 4) is 0 Å². The maximum atomic E-state index is 11.0. The number of aromatic nitrogens is 1. The maximum absolute atomic E-state index is 11.0. The molecule has 0 amide bonds. The van der Waals surface area contributed by atoms with Crippen LogP contribution < -0.4 is 5.32 Å². The van der Waals surface area contributed by atoms with Crippen LogP contribution in [0.25, 0.3) is 0 Å². The van der Waals surface area contributed by atoms with Gasteiger partial charge in [0.05, 0.1) is 21.2 Å². The molecule has 6 heteroatoms. The van der Waals surface area contributed by atoms with Crippen molar-refractivity contribution in [1.82, 2.24) is 4.98 Å². The van der Waals surface area contributed by atoms with Gasteiger partial charge in [-0.3, -0.25) is 4.98 Å². The molecule has 0 aliphatic rings. The molecule has 94 valence electrons. The highest BCUT2D eigenvalue weighted by Gasteiger charge is 2.08. The molecular formula is C12H11BrN2O2S. The van der Waals surface area contributed by atoms with Gasteiger partial charge >= 0.3 is 5.97 Å². The number of hydrogen-bond acceptors (Lipinski definition) is 4. The number of nitrogens with one attached hydrogen (secondary N) is 1. The summed E-state index contributed by atoms with van der Waals surface area (Å²) in [6.07, 6.45) is 3.86. The van der Waals surface area contributed by atoms with E-state index < -0.39 is 5.97 Å². The Morgan fingerprint density at radius 1 is 1.44 bits per heavy atom. The predicted octanol–water partition coefficient (Wildman–Crippen LogP) is 3.26. The minimum absolute atomic E-state index is 0.248. The van der Waals surface area contributed by atoms with Crippen LogP contribution in [-0.2, 0) is 6.42 Å². The average molecular weight is 327 g/mol. The quantitative estimate of drug-likeness (QED) is 0.885. The number of carbonyl (C=O) groups is 1. The lowest BCUT2D eigenvalue weighted by molar-refractivity contribution is 0.0698. The van der Waals surface area contributed by atoms with Crippen molar-refractivity contribution < 1.29 is 9.90 Å². The van der Waals surface area contributed by atoms with Crippen molar-refractivity contribution in [2.24, 2.45) is 0 Å². The predicted molar refractivity (Wildman–Crippen MR) is 75.4 cm³/mol. The zero-order chi connectivity index (χ0) is 13.0. The van der Waals surface area contributed by atoms with Gasteiger partial charge in [-0.15, -0.1) is 11.3 Å². The van der Waals surface area contributed by atoms with Gasteiger partial charge in [-0.1, -0.05) is 0 Å². The summed E-state index contributed by atoms with van der Waals surface area (Å²) < 4.78 is 1.10. The van der Waals surface area contributed by atoms with E-state index in [2.05, 4.69) is 32.3 Å². The summed E-state index contributed by atoms with van der Waals surface area (Å²) in [5.74, 6) is -0.946. The first-order chi connectivity index (χ1) is 8.66. The second-order valence-electron chi connectivity index (χ2n) is 3.61. The molecule has 0 unspecified atom stereocenters. The molecule has 0 spiro atoms. The summed E-state index contributed by atoms with van der Waals surface area (Å²) in [6, 6.07) is 5.55. The van der Waals surface area contributed by atoms with Gasteiger partial charge in [0.25, 0.3) is 0 Å². The summed E-state index contributed by atoms with van der Waals surface area (Å²) >= 11 is 5.09. The summed E-state index contributed by atoms with van der Waals surface area (Å²) in [7, 11) is 0. The number of halogens is 1. The minimum atomic E-state index is -0.946. The first-order valence-electron chi connectivity index (χ1n) is 5.32. The van der Waals surface area contributed by atoms with E-state index in [-0.39, 0.29) is 5.56 Å².